The van der Waals surface area contributed by atoms with Gasteiger partial charge in [-0.05, 0) is 47.9 Å². The predicted molar refractivity (Wildman–Crippen MR) is 66.3 cm³/mol. The molecule has 17 heavy (non-hydrogen) atoms. The molecule has 2 rings (SSSR count). The summed E-state index contributed by atoms with van der Waals surface area (Å²) in [6.07, 6.45) is 0.793. The summed E-state index contributed by atoms with van der Waals surface area (Å²) in [5, 5.41) is 28.8. The third kappa shape index (κ3) is 2.33. The average molecular weight is 230 g/mol. The highest BCUT2D eigenvalue weighted by Crippen LogP contribution is 2.34. The summed E-state index contributed by atoms with van der Waals surface area (Å²) < 4.78 is 0. The topological polar surface area (TPSA) is 60.7 Å². The van der Waals surface area contributed by atoms with Crippen LogP contribution in [-0.2, 0) is 6.42 Å². The Morgan fingerprint density at radius 3 is 2.35 bits per heavy atom. The molecule has 0 saturated heterocycles. The van der Waals surface area contributed by atoms with E-state index < -0.39 is 0 Å². The first-order valence-electron chi connectivity index (χ1n) is 5.45. The Labute approximate surface area is 99.6 Å². The second-order valence-corrected chi connectivity index (χ2v) is 3.94. The molecule has 0 atom stereocenters. The quantitative estimate of drug-likeness (QED) is 0.695. The summed E-state index contributed by atoms with van der Waals surface area (Å²) in [5.74, 6) is 0.316. The van der Waals surface area contributed by atoms with Gasteiger partial charge in [0.05, 0.1) is 0 Å². The molecule has 0 bridgehead atoms. The first-order valence-corrected chi connectivity index (χ1v) is 5.45. The molecule has 0 fully saturated rings. The summed E-state index contributed by atoms with van der Waals surface area (Å²) >= 11 is 0. The largest absolute Gasteiger partial charge is 0.508 e. The lowest BCUT2D eigenvalue weighted by atomic mass is 10.0. The maximum atomic E-state index is 9.75. The summed E-state index contributed by atoms with van der Waals surface area (Å²) in [7, 11) is 0. The highest BCUT2D eigenvalue weighted by Gasteiger charge is 2.07. The maximum absolute atomic E-state index is 9.75. The van der Waals surface area contributed by atoms with E-state index in [4.69, 9.17) is 0 Å². The number of phenols is 3. The van der Waals surface area contributed by atoms with Crippen molar-refractivity contribution in [1.82, 2.24) is 0 Å². The van der Waals surface area contributed by atoms with Crippen LogP contribution in [-0.4, -0.2) is 15.3 Å². The molecule has 2 aromatic rings. The van der Waals surface area contributed by atoms with E-state index in [1.165, 1.54) is 18.2 Å². The average Bonchev–Trinajstić information content (AvgIpc) is 2.31. The van der Waals surface area contributed by atoms with Gasteiger partial charge in [-0.3, -0.25) is 0 Å². The minimum absolute atomic E-state index is 0.0791. The first-order chi connectivity index (χ1) is 8.10. The van der Waals surface area contributed by atoms with Gasteiger partial charge in [0.25, 0.3) is 0 Å². The van der Waals surface area contributed by atoms with Gasteiger partial charge in [0, 0.05) is 5.56 Å². The van der Waals surface area contributed by atoms with Crippen molar-refractivity contribution in [3.8, 4) is 28.4 Å². The van der Waals surface area contributed by atoms with Crippen LogP contribution >= 0.6 is 0 Å². The van der Waals surface area contributed by atoms with E-state index in [2.05, 4.69) is 0 Å². The molecule has 2 aromatic carbocycles. The zero-order valence-electron chi connectivity index (χ0n) is 9.51. The van der Waals surface area contributed by atoms with Crippen molar-refractivity contribution in [1.29, 1.82) is 0 Å². The van der Waals surface area contributed by atoms with E-state index in [1.54, 1.807) is 12.1 Å². The van der Waals surface area contributed by atoms with Crippen molar-refractivity contribution in [3.05, 3.63) is 42.0 Å². The second kappa shape index (κ2) is 4.37. The SMILES string of the molecule is CCc1cc(O)cc(-c2cc(O)ccc2O)c1. The van der Waals surface area contributed by atoms with Gasteiger partial charge in [-0.1, -0.05) is 13.0 Å². The van der Waals surface area contributed by atoms with Crippen molar-refractivity contribution in [2.45, 2.75) is 13.3 Å². The van der Waals surface area contributed by atoms with Gasteiger partial charge in [-0.15, -0.1) is 0 Å². The van der Waals surface area contributed by atoms with Crippen LogP contribution in [0.15, 0.2) is 36.4 Å². The Hall–Kier alpha value is -2.16. The Kier molecular flexibility index (Phi) is 2.91. The molecule has 0 unspecified atom stereocenters. The highest BCUT2D eigenvalue weighted by molar-refractivity contribution is 5.73. The number of hydrogen-bond acceptors (Lipinski definition) is 3. The monoisotopic (exact) mass is 230 g/mol. The fraction of sp³-hybridized carbons (Fsp3) is 0.143. The van der Waals surface area contributed by atoms with Gasteiger partial charge in [0.2, 0.25) is 0 Å². The Morgan fingerprint density at radius 2 is 1.65 bits per heavy atom. The molecule has 0 aliphatic carbocycles. The second-order valence-electron chi connectivity index (χ2n) is 3.94. The van der Waals surface area contributed by atoms with E-state index in [9.17, 15) is 15.3 Å². The molecule has 0 radical (unpaired) electrons. The van der Waals surface area contributed by atoms with Crippen molar-refractivity contribution in [2.24, 2.45) is 0 Å². The number of phenolic OH excluding ortho intramolecular Hbond substituents is 3. The number of hydrogen-bond donors (Lipinski definition) is 3. The van der Waals surface area contributed by atoms with E-state index in [-0.39, 0.29) is 17.2 Å². The Bertz CT molecular complexity index is 547. The minimum atomic E-state index is 0.0791. The molecule has 0 aromatic heterocycles. The van der Waals surface area contributed by atoms with E-state index in [0.29, 0.717) is 11.1 Å². The van der Waals surface area contributed by atoms with Gasteiger partial charge in [-0.2, -0.15) is 0 Å². The third-order valence-corrected chi connectivity index (χ3v) is 2.68. The van der Waals surface area contributed by atoms with Gasteiger partial charge < -0.3 is 15.3 Å². The normalized spacial score (nSPS) is 10.4. The zero-order chi connectivity index (χ0) is 12.4. The lowest BCUT2D eigenvalue weighted by Crippen LogP contribution is -1.84. The van der Waals surface area contributed by atoms with Crippen LogP contribution < -0.4 is 0 Å². The summed E-state index contributed by atoms with van der Waals surface area (Å²) in [6.45, 7) is 1.99. The van der Waals surface area contributed by atoms with E-state index >= 15 is 0 Å². The first kappa shape index (κ1) is 11.3. The molecule has 0 aliphatic rings. The van der Waals surface area contributed by atoms with Crippen molar-refractivity contribution < 1.29 is 15.3 Å². The van der Waals surface area contributed by atoms with Gasteiger partial charge >= 0.3 is 0 Å². The molecular weight excluding hydrogens is 216 g/mol. The van der Waals surface area contributed by atoms with E-state index in [1.807, 2.05) is 13.0 Å². The van der Waals surface area contributed by atoms with Crippen LogP contribution in [0.1, 0.15) is 12.5 Å². The molecule has 3 heteroatoms. The molecule has 0 aliphatic heterocycles. The fourth-order valence-corrected chi connectivity index (χ4v) is 1.79. The molecule has 0 heterocycles. The highest BCUT2D eigenvalue weighted by atomic mass is 16.3. The van der Waals surface area contributed by atoms with Crippen LogP contribution in [0, 0.1) is 0 Å². The van der Waals surface area contributed by atoms with Crippen molar-refractivity contribution in [2.75, 3.05) is 0 Å². The fourth-order valence-electron chi connectivity index (χ4n) is 1.79. The summed E-state index contributed by atoms with van der Waals surface area (Å²) in [5.41, 5.74) is 2.17. The molecule has 3 nitrogen and oxygen atoms in total. The smallest absolute Gasteiger partial charge is 0.123 e. The maximum Gasteiger partial charge on any atom is 0.123 e. The number of rotatable bonds is 2. The molecule has 0 saturated carbocycles. The molecule has 88 valence electrons. The number of aryl methyl sites for hydroxylation is 1. The van der Waals surface area contributed by atoms with Crippen molar-refractivity contribution in [3.63, 3.8) is 0 Å². The molecule has 0 amide bonds. The van der Waals surface area contributed by atoms with Gasteiger partial charge in [-0.25, -0.2) is 0 Å². The summed E-state index contributed by atoms with van der Waals surface area (Å²) in [4.78, 5) is 0. The predicted octanol–water partition coefficient (Wildman–Crippen LogP) is 3.03. The van der Waals surface area contributed by atoms with Crippen LogP contribution in [0.4, 0.5) is 0 Å². The molecule has 3 N–H and O–H groups in total. The van der Waals surface area contributed by atoms with Crippen LogP contribution in [0.3, 0.4) is 0 Å². The standard InChI is InChI=1S/C14H14O3/c1-2-9-5-10(7-12(16)6-9)13-8-11(15)3-4-14(13)17/h3-8,15-17H,2H2,1H3. The van der Waals surface area contributed by atoms with Crippen LogP contribution in [0.2, 0.25) is 0 Å². The minimum Gasteiger partial charge on any atom is -0.508 e. The zero-order valence-corrected chi connectivity index (χ0v) is 9.51. The number of benzene rings is 2. The third-order valence-electron chi connectivity index (χ3n) is 2.68. The van der Waals surface area contributed by atoms with Crippen LogP contribution in [0.25, 0.3) is 11.1 Å². The Balaban J connectivity index is 2.59. The Morgan fingerprint density at radius 1 is 0.882 bits per heavy atom. The lowest BCUT2D eigenvalue weighted by Gasteiger charge is -2.08. The van der Waals surface area contributed by atoms with E-state index in [0.717, 1.165) is 12.0 Å². The lowest BCUT2D eigenvalue weighted by molar-refractivity contribution is 0.461. The van der Waals surface area contributed by atoms with Gasteiger partial charge in [0.1, 0.15) is 17.2 Å². The van der Waals surface area contributed by atoms with Gasteiger partial charge in [0.15, 0.2) is 0 Å². The number of aromatic hydroxyl groups is 3. The molecule has 0 spiro atoms. The van der Waals surface area contributed by atoms with Crippen LogP contribution in [0.5, 0.6) is 17.2 Å². The summed E-state index contributed by atoms with van der Waals surface area (Å²) in [6, 6.07) is 9.46. The van der Waals surface area contributed by atoms with Crippen molar-refractivity contribution >= 4 is 0 Å². The molecular formula is C14H14O3.